The van der Waals surface area contributed by atoms with Gasteiger partial charge in [-0.3, -0.25) is 0 Å². The number of aliphatic imine (C=N–C) groups is 1. The van der Waals surface area contributed by atoms with Crippen LogP contribution >= 0.6 is 0 Å². The van der Waals surface area contributed by atoms with Crippen molar-refractivity contribution in [3.8, 4) is 11.5 Å². The monoisotopic (exact) mass is 453 g/mol. The Labute approximate surface area is 183 Å². The van der Waals surface area contributed by atoms with Crippen LogP contribution in [0.4, 0.5) is 4.39 Å². The number of halogens is 1. The fraction of sp³-hybridized carbons (Fsp3) is 0.0435. The van der Waals surface area contributed by atoms with E-state index in [4.69, 9.17) is 13.7 Å². The average Bonchev–Trinajstić information content (AvgIpc) is 3.15. The maximum atomic E-state index is 14.0. The number of carbonyl (C=O) groups is 1. The molecular weight excluding hydrogens is 437 g/mol. The highest BCUT2D eigenvalue weighted by molar-refractivity contribution is 7.87. The molecule has 0 saturated heterocycles. The molecule has 1 aliphatic rings. The molecule has 0 spiro atoms. The van der Waals surface area contributed by atoms with Gasteiger partial charge in [0.25, 0.3) is 0 Å². The molecule has 32 heavy (non-hydrogen) atoms. The van der Waals surface area contributed by atoms with E-state index in [1.54, 1.807) is 24.3 Å². The molecule has 0 aromatic heterocycles. The normalized spacial score (nSPS) is 14.8. The van der Waals surface area contributed by atoms with Crippen LogP contribution in [-0.4, -0.2) is 27.4 Å². The first-order valence-electron chi connectivity index (χ1n) is 9.32. The van der Waals surface area contributed by atoms with Crippen LogP contribution in [0.2, 0.25) is 0 Å². The minimum Gasteiger partial charge on any atom is -0.497 e. The summed E-state index contributed by atoms with van der Waals surface area (Å²) in [5, 5.41) is 0. The summed E-state index contributed by atoms with van der Waals surface area (Å²) < 4.78 is 54.8. The number of ether oxygens (including phenoxy) is 2. The number of hydrogen-bond donors (Lipinski definition) is 0. The lowest BCUT2D eigenvalue weighted by Crippen LogP contribution is -2.10. The van der Waals surface area contributed by atoms with Crippen molar-refractivity contribution in [2.75, 3.05) is 7.11 Å². The SMILES string of the molecule is COc1ccc(S(=O)(=O)Oc2ccccc2C=C2N=C(c3ccccc3F)OC2=O)cc1. The summed E-state index contributed by atoms with van der Waals surface area (Å²) in [5.74, 6) is -1.08. The summed E-state index contributed by atoms with van der Waals surface area (Å²) >= 11 is 0. The molecule has 1 aliphatic heterocycles. The van der Waals surface area contributed by atoms with Crippen molar-refractivity contribution < 1.29 is 31.3 Å². The van der Waals surface area contributed by atoms with Crippen LogP contribution in [0.15, 0.2) is 88.4 Å². The molecule has 0 fully saturated rings. The van der Waals surface area contributed by atoms with E-state index in [2.05, 4.69) is 4.99 Å². The van der Waals surface area contributed by atoms with Gasteiger partial charge in [-0.15, -0.1) is 0 Å². The van der Waals surface area contributed by atoms with Gasteiger partial charge in [0.2, 0.25) is 5.90 Å². The van der Waals surface area contributed by atoms with E-state index in [1.165, 1.54) is 61.7 Å². The summed E-state index contributed by atoms with van der Waals surface area (Å²) in [6.07, 6.45) is 1.31. The molecule has 3 aromatic carbocycles. The Morgan fingerprint density at radius 1 is 0.969 bits per heavy atom. The van der Waals surface area contributed by atoms with E-state index in [-0.39, 0.29) is 33.4 Å². The molecule has 162 valence electrons. The fourth-order valence-corrected chi connectivity index (χ4v) is 3.84. The third-order valence-electron chi connectivity index (χ3n) is 4.48. The molecule has 7 nitrogen and oxygen atoms in total. The first kappa shape index (κ1) is 21.3. The second-order valence-corrected chi connectivity index (χ2v) is 8.11. The Balaban J connectivity index is 1.66. The molecule has 0 saturated carbocycles. The highest BCUT2D eigenvalue weighted by Crippen LogP contribution is 2.28. The van der Waals surface area contributed by atoms with Gasteiger partial charge in [0, 0.05) is 5.56 Å². The zero-order valence-electron chi connectivity index (χ0n) is 16.7. The molecule has 0 atom stereocenters. The fourth-order valence-electron chi connectivity index (χ4n) is 2.89. The molecule has 9 heteroatoms. The molecular formula is C23H16FNO6S. The average molecular weight is 453 g/mol. The lowest BCUT2D eigenvalue weighted by atomic mass is 10.1. The van der Waals surface area contributed by atoms with Crippen molar-refractivity contribution in [3.63, 3.8) is 0 Å². The molecule has 0 amide bonds. The third-order valence-corrected chi connectivity index (χ3v) is 5.73. The Morgan fingerprint density at radius 2 is 1.66 bits per heavy atom. The molecule has 4 rings (SSSR count). The van der Waals surface area contributed by atoms with Crippen molar-refractivity contribution in [1.29, 1.82) is 0 Å². The summed E-state index contributed by atoms with van der Waals surface area (Å²) in [6, 6.07) is 17.7. The van der Waals surface area contributed by atoms with Crippen LogP contribution in [0.25, 0.3) is 6.08 Å². The van der Waals surface area contributed by atoms with Gasteiger partial charge in [-0.25, -0.2) is 14.2 Å². The molecule has 1 heterocycles. The number of rotatable bonds is 6. The van der Waals surface area contributed by atoms with Crippen LogP contribution in [0, 0.1) is 5.82 Å². The third kappa shape index (κ3) is 4.37. The number of benzene rings is 3. The smallest absolute Gasteiger partial charge is 0.363 e. The van der Waals surface area contributed by atoms with Crippen molar-refractivity contribution >= 4 is 28.1 Å². The largest absolute Gasteiger partial charge is 0.497 e. The minimum atomic E-state index is -4.15. The number of cyclic esters (lactones) is 1. The first-order valence-corrected chi connectivity index (χ1v) is 10.7. The predicted molar refractivity (Wildman–Crippen MR) is 114 cm³/mol. The van der Waals surface area contributed by atoms with Crippen LogP contribution in [-0.2, 0) is 19.6 Å². The van der Waals surface area contributed by atoms with Gasteiger partial charge in [0.15, 0.2) is 5.70 Å². The van der Waals surface area contributed by atoms with E-state index in [0.29, 0.717) is 5.75 Å². The van der Waals surface area contributed by atoms with Crippen LogP contribution in [0.1, 0.15) is 11.1 Å². The first-order chi connectivity index (χ1) is 15.4. The van der Waals surface area contributed by atoms with E-state index < -0.39 is 21.9 Å². The second-order valence-electron chi connectivity index (χ2n) is 6.57. The van der Waals surface area contributed by atoms with Crippen molar-refractivity contribution in [2.45, 2.75) is 4.90 Å². The molecule has 0 N–H and O–H groups in total. The van der Waals surface area contributed by atoms with E-state index >= 15 is 0 Å². The number of nitrogens with zero attached hydrogens (tertiary/aromatic N) is 1. The van der Waals surface area contributed by atoms with E-state index in [1.807, 2.05) is 0 Å². The van der Waals surface area contributed by atoms with Crippen molar-refractivity contribution in [3.05, 3.63) is 95.4 Å². The number of hydrogen-bond acceptors (Lipinski definition) is 7. The van der Waals surface area contributed by atoms with Gasteiger partial charge in [-0.1, -0.05) is 30.3 Å². The lowest BCUT2D eigenvalue weighted by molar-refractivity contribution is -0.129. The highest BCUT2D eigenvalue weighted by atomic mass is 32.2. The lowest BCUT2D eigenvalue weighted by Gasteiger charge is -2.10. The molecule has 0 bridgehead atoms. The molecule has 0 aliphatic carbocycles. The Hall–Kier alpha value is -3.98. The summed E-state index contributed by atoms with van der Waals surface area (Å²) in [4.78, 5) is 16.2. The predicted octanol–water partition coefficient (Wildman–Crippen LogP) is 3.95. The Morgan fingerprint density at radius 3 is 2.38 bits per heavy atom. The van der Waals surface area contributed by atoms with Gasteiger partial charge >= 0.3 is 16.1 Å². The summed E-state index contributed by atoms with van der Waals surface area (Å²) in [5.41, 5.74) is 0.187. The quantitative estimate of drug-likeness (QED) is 0.319. The van der Waals surface area contributed by atoms with E-state index in [0.717, 1.165) is 0 Å². The standard InChI is InChI=1S/C23H16FNO6S/c1-29-16-10-12-17(13-11-16)32(27,28)31-21-9-5-2-6-15(21)14-20-23(26)30-22(25-20)18-7-3-4-8-19(18)24/h2-14H,1H3. The maximum absolute atomic E-state index is 14.0. The number of methoxy groups -OCH3 is 1. The summed E-state index contributed by atoms with van der Waals surface area (Å²) in [6.45, 7) is 0. The Kier molecular flexibility index (Phi) is 5.74. The zero-order valence-corrected chi connectivity index (χ0v) is 17.5. The van der Waals surface area contributed by atoms with Gasteiger partial charge in [-0.2, -0.15) is 8.42 Å². The number of para-hydroxylation sites is 1. The van der Waals surface area contributed by atoms with E-state index in [9.17, 15) is 17.6 Å². The highest BCUT2D eigenvalue weighted by Gasteiger charge is 2.26. The van der Waals surface area contributed by atoms with Crippen molar-refractivity contribution in [1.82, 2.24) is 0 Å². The van der Waals surface area contributed by atoms with Gasteiger partial charge in [0.1, 0.15) is 22.2 Å². The zero-order chi connectivity index (χ0) is 22.7. The van der Waals surface area contributed by atoms with Crippen LogP contribution in [0.3, 0.4) is 0 Å². The van der Waals surface area contributed by atoms with Gasteiger partial charge in [0.05, 0.1) is 12.7 Å². The topological polar surface area (TPSA) is 91.3 Å². The number of carbonyl (C=O) groups excluding carboxylic acids is 1. The van der Waals surface area contributed by atoms with Crippen LogP contribution < -0.4 is 8.92 Å². The van der Waals surface area contributed by atoms with Gasteiger partial charge < -0.3 is 13.7 Å². The molecule has 3 aromatic rings. The Bertz CT molecular complexity index is 1350. The molecule has 0 unspecified atom stereocenters. The van der Waals surface area contributed by atoms with Crippen molar-refractivity contribution in [2.24, 2.45) is 4.99 Å². The minimum absolute atomic E-state index is 0.0156. The summed E-state index contributed by atoms with van der Waals surface area (Å²) in [7, 11) is -2.68. The maximum Gasteiger partial charge on any atom is 0.363 e. The second kappa shape index (κ2) is 8.64. The molecule has 0 radical (unpaired) electrons. The van der Waals surface area contributed by atoms with Crippen LogP contribution in [0.5, 0.6) is 11.5 Å². The number of esters is 1. The van der Waals surface area contributed by atoms with Gasteiger partial charge in [-0.05, 0) is 48.5 Å².